The minimum atomic E-state index is -1.12. The summed E-state index contributed by atoms with van der Waals surface area (Å²) >= 11 is 0. The molecule has 0 aliphatic carbocycles. The molecule has 0 saturated carbocycles. The topological polar surface area (TPSA) is 96.3 Å². The quantitative estimate of drug-likeness (QED) is 0.824. The lowest BCUT2D eigenvalue weighted by atomic mass is 10.1. The third kappa shape index (κ3) is 3.10. The molecule has 0 spiro atoms. The number of carboxylic acid groups (broad SMARTS) is 1. The van der Waals surface area contributed by atoms with E-state index in [0.29, 0.717) is 35.8 Å². The number of rotatable bonds is 6. The highest BCUT2D eigenvalue weighted by Gasteiger charge is 2.40. The highest BCUT2D eigenvalue weighted by Crippen LogP contribution is 2.44. The van der Waals surface area contributed by atoms with Gasteiger partial charge in [0.05, 0.1) is 18.9 Å². The molecular weight excluding hydrogens is 302 g/mol. The van der Waals surface area contributed by atoms with Gasteiger partial charge in [-0.05, 0) is 38.0 Å². The van der Waals surface area contributed by atoms with Crippen LogP contribution in [0.15, 0.2) is 12.1 Å². The Morgan fingerprint density at radius 2 is 2.13 bits per heavy atom. The van der Waals surface area contributed by atoms with Crippen LogP contribution in [0.2, 0.25) is 0 Å². The third-order valence-corrected chi connectivity index (χ3v) is 3.73. The van der Waals surface area contributed by atoms with E-state index in [9.17, 15) is 19.8 Å². The average molecular weight is 323 g/mol. The Hall–Kier alpha value is -2.28. The van der Waals surface area contributed by atoms with Crippen molar-refractivity contribution in [3.63, 3.8) is 0 Å². The van der Waals surface area contributed by atoms with Crippen LogP contribution >= 0.6 is 0 Å². The van der Waals surface area contributed by atoms with Crippen LogP contribution in [0.4, 0.5) is 5.69 Å². The van der Waals surface area contributed by atoms with Crippen molar-refractivity contribution in [1.82, 2.24) is 0 Å². The Labute approximate surface area is 134 Å². The molecule has 0 radical (unpaired) electrons. The van der Waals surface area contributed by atoms with E-state index in [1.807, 2.05) is 0 Å². The van der Waals surface area contributed by atoms with Gasteiger partial charge in [-0.3, -0.25) is 9.69 Å². The van der Waals surface area contributed by atoms with Crippen molar-refractivity contribution in [3.8, 4) is 11.5 Å². The largest absolute Gasteiger partial charge is 0.490 e. The first-order valence-corrected chi connectivity index (χ1v) is 7.57. The minimum Gasteiger partial charge on any atom is -0.490 e. The van der Waals surface area contributed by atoms with Crippen molar-refractivity contribution in [2.24, 2.45) is 0 Å². The number of hydrogen-bond acceptors (Lipinski definition) is 5. The molecule has 0 aromatic heterocycles. The van der Waals surface area contributed by atoms with Crippen molar-refractivity contribution in [3.05, 3.63) is 17.7 Å². The van der Waals surface area contributed by atoms with Crippen molar-refractivity contribution >= 4 is 17.6 Å². The van der Waals surface area contributed by atoms with Gasteiger partial charge in [0.1, 0.15) is 6.04 Å². The van der Waals surface area contributed by atoms with Crippen LogP contribution in [0.5, 0.6) is 11.5 Å². The number of benzene rings is 1. The molecule has 0 bridgehead atoms. The molecular formula is C16H21NO6. The maximum atomic E-state index is 12.6. The second-order valence-electron chi connectivity index (χ2n) is 5.27. The average Bonchev–Trinajstić information content (AvgIpc) is 2.53. The predicted octanol–water partition coefficient (Wildman–Crippen LogP) is 1.55. The van der Waals surface area contributed by atoms with E-state index in [1.54, 1.807) is 26.0 Å². The summed E-state index contributed by atoms with van der Waals surface area (Å²) in [4.78, 5) is 25.2. The van der Waals surface area contributed by atoms with E-state index in [-0.39, 0.29) is 6.61 Å². The first kappa shape index (κ1) is 17.1. The fraction of sp³-hybridized carbons (Fsp3) is 0.500. The molecule has 126 valence electrons. The summed E-state index contributed by atoms with van der Waals surface area (Å²) in [6.45, 7) is 5.16. The Morgan fingerprint density at radius 1 is 1.43 bits per heavy atom. The number of ether oxygens (including phenoxy) is 2. The van der Waals surface area contributed by atoms with E-state index in [0.717, 1.165) is 0 Å². The number of aliphatic hydroxyl groups is 1. The van der Waals surface area contributed by atoms with Crippen LogP contribution < -0.4 is 14.4 Å². The summed E-state index contributed by atoms with van der Waals surface area (Å²) in [5.74, 6) is -0.799. The lowest BCUT2D eigenvalue weighted by Gasteiger charge is -2.37. The number of fused-ring (bicyclic) bond motifs is 1. The highest BCUT2D eigenvalue weighted by molar-refractivity contribution is 6.04. The van der Waals surface area contributed by atoms with Crippen molar-refractivity contribution in [2.45, 2.75) is 45.9 Å². The highest BCUT2D eigenvalue weighted by atomic mass is 16.5. The van der Waals surface area contributed by atoms with Gasteiger partial charge in [0.2, 0.25) is 0 Å². The van der Waals surface area contributed by atoms with Gasteiger partial charge < -0.3 is 19.7 Å². The van der Waals surface area contributed by atoms with Crippen LogP contribution in [0.3, 0.4) is 0 Å². The molecule has 2 unspecified atom stereocenters. The molecule has 1 aliphatic rings. The van der Waals surface area contributed by atoms with E-state index in [4.69, 9.17) is 9.47 Å². The van der Waals surface area contributed by atoms with Crippen molar-refractivity contribution in [2.75, 3.05) is 11.5 Å². The Morgan fingerprint density at radius 3 is 2.65 bits per heavy atom. The van der Waals surface area contributed by atoms with Crippen molar-refractivity contribution < 1.29 is 29.3 Å². The first-order valence-electron chi connectivity index (χ1n) is 7.57. The van der Waals surface area contributed by atoms with E-state index in [1.165, 1.54) is 11.8 Å². The SMILES string of the molecule is CCOc1cc(CO)cc2c1OC(CC)C(=O)N2C(C)C(=O)O. The number of nitrogens with zero attached hydrogens (tertiary/aromatic N) is 1. The zero-order valence-corrected chi connectivity index (χ0v) is 13.4. The molecule has 7 nitrogen and oxygen atoms in total. The second-order valence-corrected chi connectivity index (χ2v) is 5.27. The summed E-state index contributed by atoms with van der Waals surface area (Å²) in [5.41, 5.74) is 0.825. The molecule has 0 fully saturated rings. The van der Waals surface area contributed by atoms with Crippen LogP contribution in [0.25, 0.3) is 0 Å². The summed E-state index contributed by atoms with van der Waals surface area (Å²) in [7, 11) is 0. The monoisotopic (exact) mass is 323 g/mol. The fourth-order valence-corrected chi connectivity index (χ4v) is 2.53. The number of anilines is 1. The number of amides is 1. The van der Waals surface area contributed by atoms with Gasteiger partial charge >= 0.3 is 5.97 Å². The van der Waals surface area contributed by atoms with Gasteiger partial charge in [-0.25, -0.2) is 4.79 Å². The number of carbonyl (C=O) groups is 2. The molecule has 1 aromatic rings. The van der Waals surface area contributed by atoms with Crippen LogP contribution in [-0.2, 0) is 16.2 Å². The lowest BCUT2D eigenvalue weighted by Crippen LogP contribution is -2.52. The maximum Gasteiger partial charge on any atom is 0.326 e. The molecule has 2 N–H and O–H groups in total. The summed E-state index contributed by atoms with van der Waals surface area (Å²) < 4.78 is 11.3. The van der Waals surface area contributed by atoms with Crippen LogP contribution in [0, 0.1) is 0 Å². The Kier molecular flexibility index (Phi) is 5.10. The molecule has 2 rings (SSSR count). The molecule has 1 heterocycles. The standard InChI is InChI=1S/C16H21NO6/c1-4-12-15(19)17(9(3)16(20)21)11-6-10(8-18)7-13(22-5-2)14(11)23-12/h6-7,9,12,18H,4-5,8H2,1-3H3,(H,20,21). The van der Waals surface area contributed by atoms with Gasteiger partial charge in [0.25, 0.3) is 5.91 Å². The lowest BCUT2D eigenvalue weighted by molar-refractivity contribution is -0.140. The molecule has 23 heavy (non-hydrogen) atoms. The zero-order chi connectivity index (χ0) is 17.1. The second kappa shape index (κ2) is 6.87. The van der Waals surface area contributed by atoms with Crippen LogP contribution in [0.1, 0.15) is 32.8 Å². The molecule has 7 heteroatoms. The van der Waals surface area contributed by atoms with E-state index < -0.39 is 24.0 Å². The van der Waals surface area contributed by atoms with Gasteiger partial charge in [0.15, 0.2) is 17.6 Å². The third-order valence-electron chi connectivity index (χ3n) is 3.73. The smallest absolute Gasteiger partial charge is 0.326 e. The minimum absolute atomic E-state index is 0.256. The Bertz CT molecular complexity index is 615. The predicted molar refractivity (Wildman–Crippen MR) is 82.8 cm³/mol. The van der Waals surface area contributed by atoms with E-state index in [2.05, 4.69) is 0 Å². The maximum absolute atomic E-state index is 12.6. The molecule has 1 aromatic carbocycles. The number of carboxylic acids is 1. The number of carbonyl (C=O) groups excluding carboxylic acids is 1. The normalized spacial score (nSPS) is 18.2. The Balaban J connectivity index is 2.64. The van der Waals surface area contributed by atoms with Gasteiger partial charge in [-0.1, -0.05) is 6.92 Å². The van der Waals surface area contributed by atoms with Crippen LogP contribution in [-0.4, -0.2) is 40.8 Å². The molecule has 2 atom stereocenters. The van der Waals surface area contributed by atoms with Gasteiger partial charge in [0, 0.05) is 0 Å². The number of hydrogen-bond donors (Lipinski definition) is 2. The zero-order valence-electron chi connectivity index (χ0n) is 13.4. The first-order chi connectivity index (χ1) is 10.9. The molecule has 1 amide bonds. The van der Waals surface area contributed by atoms with Gasteiger partial charge in [-0.2, -0.15) is 0 Å². The van der Waals surface area contributed by atoms with Crippen molar-refractivity contribution in [1.29, 1.82) is 0 Å². The molecule has 1 aliphatic heterocycles. The fourth-order valence-electron chi connectivity index (χ4n) is 2.53. The molecule has 0 saturated heterocycles. The number of aliphatic hydroxyl groups excluding tert-OH is 1. The summed E-state index contributed by atoms with van der Waals surface area (Å²) in [6, 6.07) is 2.14. The van der Waals surface area contributed by atoms with Gasteiger partial charge in [-0.15, -0.1) is 0 Å². The number of aliphatic carboxylic acids is 1. The van der Waals surface area contributed by atoms with E-state index >= 15 is 0 Å². The summed E-state index contributed by atoms with van der Waals surface area (Å²) in [5, 5.41) is 18.7. The summed E-state index contributed by atoms with van der Waals surface area (Å²) in [6.07, 6.45) is -0.350.